The number of hydrogen-bond acceptors (Lipinski definition) is 6. The fraction of sp³-hybridized carbons (Fsp3) is 0.192. The quantitative estimate of drug-likeness (QED) is 0.391. The van der Waals surface area contributed by atoms with Crippen LogP contribution in [0.4, 0.5) is 5.69 Å². The highest BCUT2D eigenvalue weighted by Crippen LogP contribution is 2.33. The Morgan fingerprint density at radius 3 is 2.44 bits per heavy atom. The molecule has 0 spiro atoms. The number of ether oxygens (including phenoxy) is 2. The molecule has 1 aliphatic heterocycles. The van der Waals surface area contributed by atoms with Gasteiger partial charge in [-0.15, -0.1) is 10.2 Å². The molecule has 1 aliphatic rings. The second-order valence-electron chi connectivity index (χ2n) is 7.84. The first-order valence-electron chi connectivity index (χ1n) is 11.1. The second kappa shape index (κ2) is 10.0. The highest BCUT2D eigenvalue weighted by molar-refractivity contribution is 8.00. The van der Waals surface area contributed by atoms with Crippen LogP contribution in [0.2, 0.25) is 0 Å². The number of nitrogens with zero attached hydrogens (tertiary/aromatic N) is 3. The molecular weight excluding hydrogens is 448 g/mol. The Morgan fingerprint density at radius 2 is 1.68 bits per heavy atom. The molecule has 7 nitrogen and oxygen atoms in total. The molecule has 1 atom stereocenters. The minimum absolute atomic E-state index is 0.131. The molecular formula is C26H24N4O3S. The second-order valence-corrected chi connectivity index (χ2v) is 9.15. The van der Waals surface area contributed by atoms with Crippen LogP contribution < -0.4 is 14.8 Å². The zero-order valence-corrected chi connectivity index (χ0v) is 19.5. The van der Waals surface area contributed by atoms with Gasteiger partial charge >= 0.3 is 0 Å². The van der Waals surface area contributed by atoms with Gasteiger partial charge in [-0.25, -0.2) is 0 Å². The van der Waals surface area contributed by atoms with Crippen molar-refractivity contribution in [3.8, 4) is 17.2 Å². The van der Waals surface area contributed by atoms with E-state index in [1.165, 1.54) is 11.8 Å². The van der Waals surface area contributed by atoms with E-state index in [1.54, 1.807) is 6.07 Å². The van der Waals surface area contributed by atoms with Crippen LogP contribution in [0.5, 0.6) is 11.5 Å². The van der Waals surface area contributed by atoms with Crippen LogP contribution in [-0.2, 0) is 11.2 Å². The Hall–Kier alpha value is -3.78. The van der Waals surface area contributed by atoms with Crippen molar-refractivity contribution < 1.29 is 14.3 Å². The molecule has 1 amide bonds. The molecule has 0 saturated heterocycles. The third-order valence-corrected chi connectivity index (χ3v) is 6.42. The van der Waals surface area contributed by atoms with E-state index in [9.17, 15) is 4.79 Å². The van der Waals surface area contributed by atoms with Crippen molar-refractivity contribution in [2.24, 2.45) is 0 Å². The number of hydrogen-bond donors (Lipinski definition) is 1. The van der Waals surface area contributed by atoms with Gasteiger partial charge in [-0.1, -0.05) is 60.3 Å². The van der Waals surface area contributed by atoms with Gasteiger partial charge in [0.1, 0.15) is 19.0 Å². The van der Waals surface area contributed by atoms with Crippen molar-refractivity contribution in [2.45, 2.75) is 23.8 Å². The summed E-state index contributed by atoms with van der Waals surface area (Å²) in [6, 6.07) is 25.5. The smallest absolute Gasteiger partial charge is 0.237 e. The molecule has 0 saturated carbocycles. The molecule has 34 heavy (non-hydrogen) atoms. The van der Waals surface area contributed by atoms with E-state index < -0.39 is 5.25 Å². The Labute approximate surface area is 202 Å². The summed E-state index contributed by atoms with van der Waals surface area (Å²) in [5, 5.41) is 12.1. The van der Waals surface area contributed by atoms with Crippen molar-refractivity contribution in [2.75, 3.05) is 18.5 Å². The predicted octanol–water partition coefficient (Wildman–Crippen LogP) is 4.75. The van der Waals surface area contributed by atoms with Crippen molar-refractivity contribution in [3.05, 3.63) is 90.3 Å². The summed E-state index contributed by atoms with van der Waals surface area (Å²) >= 11 is 1.37. The number of fused-ring (bicyclic) bond motifs is 1. The van der Waals surface area contributed by atoms with Crippen LogP contribution in [0.25, 0.3) is 5.69 Å². The van der Waals surface area contributed by atoms with Crippen LogP contribution in [0.15, 0.2) is 84.0 Å². The summed E-state index contributed by atoms with van der Waals surface area (Å²) in [4.78, 5) is 13.0. The Bertz CT molecular complexity index is 1280. The number of para-hydroxylation sites is 1. The average Bonchev–Trinajstić information content (AvgIpc) is 3.26. The van der Waals surface area contributed by atoms with Gasteiger partial charge in [0, 0.05) is 23.9 Å². The molecule has 0 aliphatic carbocycles. The maximum atomic E-state index is 13.0. The maximum absolute atomic E-state index is 13.0. The van der Waals surface area contributed by atoms with Crippen LogP contribution in [0.3, 0.4) is 0 Å². The Balaban J connectivity index is 1.35. The number of carbonyl (C=O) groups is 1. The van der Waals surface area contributed by atoms with E-state index in [0.29, 0.717) is 42.0 Å². The number of nitrogens with one attached hydrogen (secondary N) is 1. The first-order chi connectivity index (χ1) is 16.7. The SMILES string of the molecule is CC(Sc1nnc(Cc2ccccc2)n1-c1ccccc1)C(=O)Nc1ccc2c(c1)OCCO2. The number of aromatic nitrogens is 3. The van der Waals surface area contributed by atoms with Gasteiger partial charge in [0.05, 0.1) is 5.25 Å². The van der Waals surface area contributed by atoms with Crippen molar-refractivity contribution in [3.63, 3.8) is 0 Å². The number of thioether (sulfide) groups is 1. The molecule has 5 rings (SSSR count). The first-order valence-corrected chi connectivity index (χ1v) is 12.0. The predicted molar refractivity (Wildman–Crippen MR) is 132 cm³/mol. The lowest BCUT2D eigenvalue weighted by molar-refractivity contribution is -0.115. The number of benzene rings is 3. The monoisotopic (exact) mass is 472 g/mol. The highest BCUT2D eigenvalue weighted by atomic mass is 32.2. The average molecular weight is 473 g/mol. The van der Waals surface area contributed by atoms with Crippen LogP contribution >= 0.6 is 11.8 Å². The summed E-state index contributed by atoms with van der Waals surface area (Å²) in [5.41, 5.74) is 2.77. The number of carbonyl (C=O) groups excluding carboxylic acids is 1. The lowest BCUT2D eigenvalue weighted by Gasteiger charge is -2.19. The number of anilines is 1. The third kappa shape index (κ3) is 4.92. The molecule has 3 aromatic carbocycles. The molecule has 1 aromatic heterocycles. The van der Waals surface area contributed by atoms with Gasteiger partial charge in [0.15, 0.2) is 16.7 Å². The van der Waals surface area contributed by atoms with Gasteiger partial charge in [0.2, 0.25) is 5.91 Å². The van der Waals surface area contributed by atoms with Crippen LogP contribution in [0, 0.1) is 0 Å². The topological polar surface area (TPSA) is 78.3 Å². The number of rotatable bonds is 7. The molecule has 1 N–H and O–H groups in total. The van der Waals surface area contributed by atoms with Crippen molar-refractivity contribution in [1.82, 2.24) is 14.8 Å². The van der Waals surface area contributed by atoms with Crippen molar-refractivity contribution >= 4 is 23.4 Å². The largest absolute Gasteiger partial charge is 0.486 e. The molecule has 0 radical (unpaired) electrons. The standard InChI is InChI=1S/C26H24N4O3S/c1-18(25(31)27-20-12-13-22-23(17-20)33-15-14-32-22)34-26-29-28-24(16-19-8-4-2-5-9-19)30(26)21-10-6-3-7-11-21/h2-13,17-18H,14-16H2,1H3,(H,27,31). The van der Waals surface area contributed by atoms with Crippen LogP contribution in [-0.4, -0.2) is 39.1 Å². The van der Waals surface area contributed by atoms with E-state index in [-0.39, 0.29) is 5.91 Å². The van der Waals surface area contributed by atoms with Gasteiger partial charge < -0.3 is 14.8 Å². The summed E-state index contributed by atoms with van der Waals surface area (Å²) in [7, 11) is 0. The zero-order valence-electron chi connectivity index (χ0n) is 18.7. The van der Waals surface area contributed by atoms with Crippen molar-refractivity contribution in [1.29, 1.82) is 0 Å². The Morgan fingerprint density at radius 1 is 0.971 bits per heavy atom. The van der Waals surface area contributed by atoms with Gasteiger partial charge in [-0.05, 0) is 36.8 Å². The van der Waals surface area contributed by atoms with E-state index in [4.69, 9.17) is 9.47 Å². The summed E-state index contributed by atoms with van der Waals surface area (Å²) in [5.74, 6) is 2.01. The minimum atomic E-state index is -0.399. The molecule has 0 bridgehead atoms. The lowest BCUT2D eigenvalue weighted by atomic mass is 10.1. The Kier molecular flexibility index (Phi) is 6.49. The molecule has 2 heterocycles. The van der Waals surface area contributed by atoms with Gasteiger partial charge in [-0.3, -0.25) is 9.36 Å². The number of amides is 1. The molecule has 1 unspecified atom stereocenters. The summed E-state index contributed by atoms with van der Waals surface area (Å²) in [6.45, 7) is 2.89. The maximum Gasteiger partial charge on any atom is 0.237 e. The van der Waals surface area contributed by atoms with E-state index >= 15 is 0 Å². The van der Waals surface area contributed by atoms with E-state index in [2.05, 4.69) is 27.6 Å². The normalized spacial score (nSPS) is 13.3. The summed E-state index contributed by atoms with van der Waals surface area (Å²) in [6.07, 6.45) is 0.640. The molecule has 0 fully saturated rings. The molecule has 8 heteroatoms. The summed E-state index contributed by atoms with van der Waals surface area (Å²) < 4.78 is 13.2. The van der Waals surface area contributed by atoms with Gasteiger partial charge in [0.25, 0.3) is 0 Å². The zero-order chi connectivity index (χ0) is 23.3. The highest BCUT2D eigenvalue weighted by Gasteiger charge is 2.22. The molecule has 172 valence electrons. The first kappa shape index (κ1) is 22.0. The molecule has 4 aromatic rings. The van der Waals surface area contributed by atoms with Crippen LogP contribution in [0.1, 0.15) is 18.3 Å². The lowest BCUT2D eigenvalue weighted by Crippen LogP contribution is -2.23. The van der Waals surface area contributed by atoms with E-state index in [1.807, 2.05) is 72.2 Å². The van der Waals surface area contributed by atoms with Gasteiger partial charge in [-0.2, -0.15) is 0 Å². The fourth-order valence-corrected chi connectivity index (χ4v) is 4.57. The fourth-order valence-electron chi connectivity index (χ4n) is 3.68. The third-order valence-electron chi connectivity index (χ3n) is 5.38. The minimum Gasteiger partial charge on any atom is -0.486 e. The van der Waals surface area contributed by atoms with E-state index in [0.717, 1.165) is 17.1 Å².